The van der Waals surface area contributed by atoms with Gasteiger partial charge in [-0.1, -0.05) is 40.5 Å². The number of hydrogen-bond donors (Lipinski definition) is 2. The number of esters is 2. The van der Waals surface area contributed by atoms with Gasteiger partial charge in [-0.25, -0.2) is 4.79 Å². The van der Waals surface area contributed by atoms with Crippen LogP contribution in [-0.2, 0) is 19.1 Å². The van der Waals surface area contributed by atoms with E-state index in [0.717, 1.165) is 19.3 Å². The lowest BCUT2D eigenvalue weighted by molar-refractivity contribution is -0.225. The molecule has 3 rings (SSSR count). The highest BCUT2D eigenvalue weighted by atomic mass is 16.6. The van der Waals surface area contributed by atoms with E-state index in [4.69, 9.17) is 9.47 Å². The second kappa shape index (κ2) is 6.89. The van der Waals surface area contributed by atoms with Crippen LogP contribution in [-0.4, -0.2) is 46.6 Å². The van der Waals surface area contributed by atoms with Crippen LogP contribution < -0.4 is 0 Å². The van der Waals surface area contributed by atoms with Crippen molar-refractivity contribution in [3.05, 3.63) is 11.6 Å². The number of ether oxygens (including phenoxy) is 2. The van der Waals surface area contributed by atoms with Crippen LogP contribution in [0.25, 0.3) is 0 Å². The van der Waals surface area contributed by atoms with Crippen molar-refractivity contribution in [3.8, 4) is 0 Å². The lowest BCUT2D eigenvalue weighted by Gasteiger charge is -2.60. The molecule has 3 aliphatic rings. The summed E-state index contributed by atoms with van der Waals surface area (Å²) >= 11 is 0. The molecule has 2 fully saturated rings. The molecule has 6 heteroatoms. The average Bonchev–Trinajstić information content (AvgIpc) is 2.88. The number of aliphatic hydroxyl groups is 2. The van der Waals surface area contributed by atoms with Crippen molar-refractivity contribution in [1.82, 2.24) is 0 Å². The third-order valence-electron chi connectivity index (χ3n) is 7.09. The molecule has 0 amide bonds. The first-order valence-corrected chi connectivity index (χ1v) is 10.1. The average molecular weight is 380 g/mol. The van der Waals surface area contributed by atoms with Gasteiger partial charge >= 0.3 is 11.9 Å². The standard InChI is InChI=1S/C21H32O6/c1-5-6-7-8-16(23)27-14-11-13-12-26-18(24)21(13,25)20(4)15(22)9-10-19(2,3)17(14)20/h11,14-15,17,22,25H,5-10,12H2,1-4H3/t14-,15+,17+,20-,21+/m1/s1. The molecule has 152 valence electrons. The maximum Gasteiger partial charge on any atom is 0.343 e. The molecule has 6 nitrogen and oxygen atoms in total. The van der Waals surface area contributed by atoms with Gasteiger partial charge in [-0.2, -0.15) is 0 Å². The molecular weight excluding hydrogens is 348 g/mol. The molecule has 1 saturated heterocycles. The molecule has 0 radical (unpaired) electrons. The Balaban J connectivity index is 2.00. The molecular formula is C21H32O6. The Labute approximate surface area is 160 Å². The zero-order chi connectivity index (χ0) is 20.0. The van der Waals surface area contributed by atoms with E-state index in [1.165, 1.54) is 0 Å². The third-order valence-corrected chi connectivity index (χ3v) is 7.09. The van der Waals surface area contributed by atoms with E-state index in [1.54, 1.807) is 13.0 Å². The van der Waals surface area contributed by atoms with E-state index in [2.05, 4.69) is 6.92 Å². The second-order valence-corrected chi connectivity index (χ2v) is 9.19. The SMILES string of the molecule is CCCCCC(=O)O[C@@H]1C=C2COC(=O)[C@]2(O)[C@]2(C)[C@@H](O)CCC(C)(C)[C@H]12. The van der Waals surface area contributed by atoms with E-state index in [0.29, 0.717) is 24.8 Å². The Hall–Kier alpha value is -1.40. The minimum Gasteiger partial charge on any atom is -0.459 e. The highest BCUT2D eigenvalue weighted by Gasteiger charge is 2.72. The molecule has 0 aromatic heterocycles. The first-order valence-electron chi connectivity index (χ1n) is 10.1. The molecule has 0 spiro atoms. The monoisotopic (exact) mass is 380 g/mol. The van der Waals surface area contributed by atoms with Crippen LogP contribution in [0.2, 0.25) is 0 Å². The fourth-order valence-electron chi connectivity index (χ4n) is 5.58. The summed E-state index contributed by atoms with van der Waals surface area (Å²) in [5.74, 6) is -1.40. The van der Waals surface area contributed by atoms with E-state index < -0.39 is 35.1 Å². The van der Waals surface area contributed by atoms with E-state index >= 15 is 0 Å². The van der Waals surface area contributed by atoms with Gasteiger partial charge in [0.2, 0.25) is 0 Å². The van der Waals surface area contributed by atoms with E-state index in [1.807, 2.05) is 13.8 Å². The maximum atomic E-state index is 12.5. The number of aliphatic hydroxyl groups excluding tert-OH is 1. The summed E-state index contributed by atoms with van der Waals surface area (Å²) < 4.78 is 11.0. The molecule has 27 heavy (non-hydrogen) atoms. The Morgan fingerprint density at radius 3 is 2.70 bits per heavy atom. The minimum absolute atomic E-state index is 0.0331. The van der Waals surface area contributed by atoms with Gasteiger partial charge < -0.3 is 19.7 Å². The third kappa shape index (κ3) is 2.92. The van der Waals surface area contributed by atoms with Gasteiger partial charge in [0.25, 0.3) is 0 Å². The summed E-state index contributed by atoms with van der Waals surface area (Å²) in [5, 5.41) is 22.3. The van der Waals surface area contributed by atoms with Crippen LogP contribution in [0.3, 0.4) is 0 Å². The van der Waals surface area contributed by atoms with Crippen molar-refractivity contribution in [3.63, 3.8) is 0 Å². The zero-order valence-electron chi connectivity index (χ0n) is 16.8. The molecule has 5 atom stereocenters. The van der Waals surface area contributed by atoms with Gasteiger partial charge in [0.1, 0.15) is 12.7 Å². The molecule has 1 aliphatic heterocycles. The number of hydrogen-bond acceptors (Lipinski definition) is 6. The second-order valence-electron chi connectivity index (χ2n) is 9.19. The van der Waals surface area contributed by atoms with Crippen molar-refractivity contribution in [1.29, 1.82) is 0 Å². The minimum atomic E-state index is -1.88. The number of carbonyl (C=O) groups is 2. The van der Waals surface area contributed by atoms with Crippen LogP contribution in [0.4, 0.5) is 0 Å². The summed E-state index contributed by atoms with van der Waals surface area (Å²) in [5.41, 5.74) is -2.99. The van der Waals surface area contributed by atoms with E-state index in [-0.39, 0.29) is 18.0 Å². The molecule has 1 heterocycles. The normalized spacial score (nSPS) is 39.9. The largest absolute Gasteiger partial charge is 0.459 e. The summed E-state index contributed by atoms with van der Waals surface area (Å²) in [6.07, 6.45) is 4.50. The van der Waals surface area contributed by atoms with Crippen molar-refractivity contribution in [2.24, 2.45) is 16.7 Å². The summed E-state index contributed by atoms with van der Waals surface area (Å²) in [4.78, 5) is 24.9. The van der Waals surface area contributed by atoms with Gasteiger partial charge in [0.15, 0.2) is 5.60 Å². The first kappa shape index (κ1) is 20.3. The number of cyclic esters (lactones) is 1. The molecule has 2 N–H and O–H groups in total. The predicted molar refractivity (Wildman–Crippen MR) is 98.6 cm³/mol. The van der Waals surface area contributed by atoms with Gasteiger partial charge in [0, 0.05) is 23.3 Å². The smallest absolute Gasteiger partial charge is 0.343 e. The highest BCUT2D eigenvalue weighted by molar-refractivity contribution is 5.88. The molecule has 0 aromatic carbocycles. The first-order chi connectivity index (χ1) is 12.6. The van der Waals surface area contributed by atoms with Crippen molar-refractivity contribution < 1.29 is 29.3 Å². The fraction of sp³-hybridized carbons (Fsp3) is 0.810. The molecule has 0 aromatic rings. The Kier molecular flexibility index (Phi) is 5.19. The number of carbonyl (C=O) groups excluding carboxylic acids is 2. The summed E-state index contributed by atoms with van der Waals surface area (Å²) in [7, 11) is 0. The van der Waals surface area contributed by atoms with Crippen LogP contribution in [0, 0.1) is 16.7 Å². The van der Waals surface area contributed by atoms with Gasteiger partial charge in [-0.3, -0.25) is 4.79 Å². The van der Waals surface area contributed by atoms with Gasteiger partial charge in [-0.15, -0.1) is 0 Å². The lowest BCUT2D eigenvalue weighted by Crippen LogP contribution is -2.69. The maximum absolute atomic E-state index is 12.5. The van der Waals surface area contributed by atoms with Crippen LogP contribution in [0.5, 0.6) is 0 Å². The molecule has 0 unspecified atom stereocenters. The molecule has 1 saturated carbocycles. The number of fused-ring (bicyclic) bond motifs is 3. The molecule has 2 aliphatic carbocycles. The summed E-state index contributed by atoms with van der Waals surface area (Å²) in [6, 6.07) is 0. The van der Waals surface area contributed by atoms with Crippen LogP contribution >= 0.6 is 0 Å². The predicted octanol–water partition coefficient (Wildman–Crippen LogP) is 2.51. The van der Waals surface area contributed by atoms with Crippen molar-refractivity contribution >= 4 is 11.9 Å². The Morgan fingerprint density at radius 2 is 2.04 bits per heavy atom. The van der Waals surface area contributed by atoms with E-state index in [9.17, 15) is 19.8 Å². The Morgan fingerprint density at radius 1 is 1.33 bits per heavy atom. The zero-order valence-corrected chi connectivity index (χ0v) is 16.8. The van der Waals surface area contributed by atoms with Crippen LogP contribution in [0.1, 0.15) is 66.2 Å². The number of unbranched alkanes of at least 4 members (excludes halogenated alkanes) is 2. The van der Waals surface area contributed by atoms with Gasteiger partial charge in [-0.05, 0) is 30.8 Å². The highest BCUT2D eigenvalue weighted by Crippen LogP contribution is 2.63. The lowest BCUT2D eigenvalue weighted by atomic mass is 9.45. The van der Waals surface area contributed by atoms with Crippen LogP contribution in [0.15, 0.2) is 11.6 Å². The number of rotatable bonds is 5. The van der Waals surface area contributed by atoms with Crippen molar-refractivity contribution in [2.45, 2.75) is 84.0 Å². The van der Waals surface area contributed by atoms with Gasteiger partial charge in [0.05, 0.1) is 6.10 Å². The fourth-order valence-corrected chi connectivity index (χ4v) is 5.58. The topological polar surface area (TPSA) is 93.1 Å². The van der Waals surface area contributed by atoms with Crippen molar-refractivity contribution in [2.75, 3.05) is 6.61 Å². The quantitative estimate of drug-likeness (QED) is 0.432. The molecule has 0 bridgehead atoms. The Bertz CT molecular complexity index is 653. The summed E-state index contributed by atoms with van der Waals surface area (Å²) in [6.45, 7) is 7.87.